The maximum Gasteiger partial charge on any atom is 0.327 e. The summed E-state index contributed by atoms with van der Waals surface area (Å²) in [7, 11) is 0. The Morgan fingerprint density at radius 2 is 0.477 bits per heavy atom. The van der Waals surface area contributed by atoms with E-state index in [1.54, 1.807) is 0 Å². The van der Waals surface area contributed by atoms with Gasteiger partial charge in [0.05, 0.1) is 77.2 Å². The van der Waals surface area contributed by atoms with E-state index in [0.29, 0.717) is 11.9 Å². The van der Waals surface area contributed by atoms with Gasteiger partial charge in [-0.15, -0.1) is 5.10 Å². The van der Waals surface area contributed by atoms with Gasteiger partial charge in [-0.25, -0.2) is 4.98 Å². The third kappa shape index (κ3) is 11.2. The number of nitrogens with zero attached hydrogens (tertiary/aromatic N) is 10. The first-order valence-corrected chi connectivity index (χ1v) is 43.5. The van der Waals surface area contributed by atoms with Crippen molar-refractivity contribution in [2.24, 2.45) is 0 Å². The Kier molecular flexibility index (Phi) is 16.4. The molecule has 0 fully saturated rings. The molecule has 0 N–H and O–H groups in total. The SMILES string of the molecule is c1ccc(-c2ccc3c(c2)c2cc(-n4c5ccccc5c5c(-c6cccc7c6c6ccccc6n7-c6nnc(-c7ccccc7)o6)cccc54)ccc2n3-c2ccccc2)cc1.c1ccc(-n2c(-c3ccc(-n4c5ccccc5c5c(-c6cccc7c6c6ccccc6n7-c6ccc7c(c6)c6ccccc6n7-c6ccccc6)cccc54)cc3)nc3ccccc32)cc1. The second kappa shape index (κ2) is 29.1. The van der Waals surface area contributed by atoms with Crippen LogP contribution >= 0.6 is 0 Å². The maximum atomic E-state index is 6.40. The zero-order valence-corrected chi connectivity index (χ0v) is 69.1. The molecule has 0 bridgehead atoms. The molecule has 11 nitrogen and oxygen atoms in total. The van der Waals surface area contributed by atoms with Crippen molar-refractivity contribution in [1.82, 2.24) is 47.2 Å². The van der Waals surface area contributed by atoms with Crippen molar-refractivity contribution >= 4 is 142 Å². The van der Waals surface area contributed by atoms with E-state index in [1.807, 2.05) is 30.3 Å². The topological polar surface area (TPSA) is 86.3 Å². The van der Waals surface area contributed by atoms with Crippen molar-refractivity contribution in [2.45, 2.75) is 0 Å². The molecule has 0 aliphatic heterocycles. The summed E-state index contributed by atoms with van der Waals surface area (Å²) in [6, 6.07) is 162. The first-order valence-electron chi connectivity index (χ1n) is 43.5. The first kappa shape index (κ1) is 72.2. The summed E-state index contributed by atoms with van der Waals surface area (Å²) in [5.74, 6) is 1.41. The van der Waals surface area contributed by atoms with Gasteiger partial charge < -0.3 is 27.3 Å². The molecule has 0 radical (unpaired) electrons. The zero-order valence-electron chi connectivity index (χ0n) is 69.1. The lowest BCUT2D eigenvalue weighted by molar-refractivity contribution is 0.546. The highest BCUT2D eigenvalue weighted by Crippen LogP contribution is 2.49. The van der Waals surface area contributed by atoms with Crippen LogP contribution in [-0.4, -0.2) is 47.2 Å². The fourth-order valence-electron chi connectivity index (χ4n) is 20.6. The number of rotatable bonds is 12. The van der Waals surface area contributed by atoms with Crippen LogP contribution in [0.15, 0.2) is 453 Å². The third-order valence-corrected chi connectivity index (χ3v) is 26.0. The van der Waals surface area contributed by atoms with Gasteiger partial charge in [0.15, 0.2) is 0 Å². The van der Waals surface area contributed by atoms with Crippen LogP contribution in [0.4, 0.5) is 0 Å². The van der Waals surface area contributed by atoms with E-state index in [4.69, 9.17) is 9.40 Å². The molecule has 0 aliphatic carbocycles. The van der Waals surface area contributed by atoms with Gasteiger partial charge in [0.1, 0.15) is 5.82 Å². The van der Waals surface area contributed by atoms with Crippen molar-refractivity contribution < 1.29 is 4.42 Å². The Balaban J connectivity index is 0.000000136. The minimum absolute atomic E-state index is 0.432. The highest BCUT2D eigenvalue weighted by atomic mass is 16.4. The monoisotopic (exact) mass is 1630 g/mol. The molecule has 0 atom stereocenters. The predicted molar refractivity (Wildman–Crippen MR) is 529 cm³/mol. The summed E-state index contributed by atoms with van der Waals surface area (Å²) in [6.07, 6.45) is 0. The average Bonchev–Trinajstić information content (AvgIpc) is 1.56. The summed E-state index contributed by atoms with van der Waals surface area (Å²) in [5.41, 5.74) is 31.6. The first-order chi connectivity index (χ1) is 63.6. The van der Waals surface area contributed by atoms with Crippen molar-refractivity contribution in [1.29, 1.82) is 0 Å². The average molecular weight is 1640 g/mol. The van der Waals surface area contributed by atoms with Crippen molar-refractivity contribution in [3.05, 3.63) is 449 Å². The summed E-state index contributed by atoms with van der Waals surface area (Å²) in [6.45, 7) is 0. The van der Waals surface area contributed by atoms with E-state index in [1.165, 1.54) is 120 Å². The number of hydrogen-bond donors (Lipinski definition) is 0. The van der Waals surface area contributed by atoms with E-state index in [-0.39, 0.29) is 0 Å². The molecule has 128 heavy (non-hydrogen) atoms. The van der Waals surface area contributed by atoms with Crippen LogP contribution in [0, 0.1) is 0 Å². The normalized spacial score (nSPS) is 11.9. The van der Waals surface area contributed by atoms with Gasteiger partial charge in [0.25, 0.3) is 0 Å². The standard InChI is InChI=1S/C61H39N5.C56H35N5O/c1-3-17-41(18-4-1)63-52-27-11-7-21-45(52)50-39-44(37-38-55(50)63)65-54-29-13-9-23-49(54)60-47(25-16-32-58(60)65)46-24-15-31-57-59(46)48-22-8-12-28-53(48)64(57)43-35-33-40(34-36-43)61-62-51-26-10-14-30-56(51)66(61)42-19-5-2-6-20-42;1-4-16-36(17-5-1)38-30-32-49-45(34-38)46-35-40(31-33-50(46)59(49)39-20-8-3-9-21-39)60-47-26-12-10-22-43(47)53-41(24-14-28-51(53)60)42-25-15-29-52-54(42)44-23-11-13-27-48(44)61(52)56-58-57-55(62-56)37-18-6-2-7-19-37/h1-39H;1-35H. The lowest BCUT2D eigenvalue weighted by atomic mass is 9.95. The number of aromatic nitrogens is 10. The van der Waals surface area contributed by atoms with E-state index in [0.717, 1.165) is 106 Å². The Bertz CT molecular complexity index is 9120. The second-order valence-corrected chi connectivity index (χ2v) is 33.0. The molecule has 27 aromatic rings. The fourth-order valence-corrected chi connectivity index (χ4v) is 20.6. The lowest BCUT2D eigenvalue weighted by Crippen LogP contribution is -1.98. The molecule has 0 spiro atoms. The Labute approximate surface area is 733 Å². The van der Waals surface area contributed by atoms with Gasteiger partial charge in [0, 0.05) is 110 Å². The van der Waals surface area contributed by atoms with E-state index >= 15 is 0 Å². The Morgan fingerprint density at radius 1 is 0.172 bits per heavy atom. The summed E-state index contributed by atoms with van der Waals surface area (Å²) in [5, 5.41) is 23.5. The molecule has 0 saturated heterocycles. The molecule has 0 unspecified atom stereocenters. The Hall–Kier alpha value is -17.4. The smallest absolute Gasteiger partial charge is 0.327 e. The molecular weight excluding hydrogens is 1560 g/mol. The van der Waals surface area contributed by atoms with Gasteiger partial charge in [-0.1, -0.05) is 266 Å². The van der Waals surface area contributed by atoms with Crippen LogP contribution in [-0.2, 0) is 0 Å². The number of imidazole rings is 1. The number of para-hydroxylation sites is 10. The van der Waals surface area contributed by atoms with E-state index in [2.05, 4.69) is 461 Å². The van der Waals surface area contributed by atoms with Gasteiger partial charge in [0.2, 0.25) is 5.89 Å². The van der Waals surface area contributed by atoms with Crippen LogP contribution in [0.25, 0.3) is 238 Å². The van der Waals surface area contributed by atoms with Crippen molar-refractivity contribution in [3.63, 3.8) is 0 Å². The lowest BCUT2D eigenvalue weighted by Gasteiger charge is -2.12. The molecule has 0 amide bonds. The van der Waals surface area contributed by atoms with Crippen LogP contribution in [0.2, 0.25) is 0 Å². The van der Waals surface area contributed by atoms with Gasteiger partial charge in [-0.2, -0.15) is 0 Å². The molecule has 11 heteroatoms. The van der Waals surface area contributed by atoms with Crippen LogP contribution in [0.1, 0.15) is 0 Å². The van der Waals surface area contributed by atoms with Crippen molar-refractivity contribution in [2.75, 3.05) is 0 Å². The largest absolute Gasteiger partial charge is 0.403 e. The molecule has 598 valence electrons. The van der Waals surface area contributed by atoms with Gasteiger partial charge >= 0.3 is 6.01 Å². The molecule has 27 rings (SSSR count). The minimum atomic E-state index is 0.432. The second-order valence-electron chi connectivity index (χ2n) is 33.0. The third-order valence-electron chi connectivity index (χ3n) is 26.0. The van der Waals surface area contributed by atoms with Crippen LogP contribution < -0.4 is 0 Å². The fraction of sp³-hybridized carbons (Fsp3) is 0. The summed E-state index contributed by atoms with van der Waals surface area (Å²) < 4.78 is 22.9. The minimum Gasteiger partial charge on any atom is -0.403 e. The predicted octanol–water partition coefficient (Wildman–Crippen LogP) is 30.0. The van der Waals surface area contributed by atoms with Crippen LogP contribution in [0.5, 0.6) is 0 Å². The summed E-state index contributed by atoms with van der Waals surface area (Å²) in [4.78, 5) is 5.16. The molecule has 19 aromatic carbocycles. The molecular formula is C117H74N10O. The van der Waals surface area contributed by atoms with Crippen LogP contribution in [0.3, 0.4) is 0 Å². The maximum absolute atomic E-state index is 6.40. The quantitative estimate of drug-likeness (QED) is 0.122. The molecule has 0 saturated carbocycles. The number of fused-ring (bicyclic) bond motifs is 19. The highest BCUT2D eigenvalue weighted by Gasteiger charge is 2.28. The van der Waals surface area contributed by atoms with E-state index < -0.39 is 0 Å². The highest BCUT2D eigenvalue weighted by molar-refractivity contribution is 6.25. The number of benzene rings is 19. The molecule has 8 aromatic heterocycles. The van der Waals surface area contributed by atoms with Crippen molar-refractivity contribution in [3.8, 4) is 96.4 Å². The van der Waals surface area contributed by atoms with Gasteiger partial charge in [-0.3, -0.25) is 9.13 Å². The number of hydrogen-bond acceptors (Lipinski definition) is 4. The summed E-state index contributed by atoms with van der Waals surface area (Å²) >= 11 is 0. The van der Waals surface area contributed by atoms with Gasteiger partial charge in [-0.05, 0) is 221 Å². The van der Waals surface area contributed by atoms with E-state index in [9.17, 15) is 0 Å². The Morgan fingerprint density at radius 3 is 0.945 bits per heavy atom. The molecule has 0 aliphatic rings. The zero-order chi connectivity index (χ0) is 84.0. The molecule has 8 heterocycles.